The Morgan fingerprint density at radius 2 is 1.81 bits per heavy atom. The molecule has 1 saturated carbocycles. The van der Waals surface area contributed by atoms with Gasteiger partial charge in [0.1, 0.15) is 12.1 Å². The second-order valence-corrected chi connectivity index (χ2v) is 8.76. The molecule has 2 fully saturated rings. The highest BCUT2D eigenvalue weighted by Gasteiger charge is 2.52. The zero-order valence-corrected chi connectivity index (χ0v) is 16.4. The summed E-state index contributed by atoms with van der Waals surface area (Å²) in [6.07, 6.45) is 4.08. The molecule has 0 amide bonds. The largest absolute Gasteiger partial charge is 0.497 e. The highest BCUT2D eigenvalue weighted by molar-refractivity contribution is 6.65. The monoisotopic (exact) mass is 365 g/mol. The van der Waals surface area contributed by atoms with Gasteiger partial charge in [0.05, 0.1) is 27.9 Å². The van der Waals surface area contributed by atoms with Gasteiger partial charge in [0.2, 0.25) is 0 Å². The average Bonchev–Trinajstić information content (AvgIpc) is 3.13. The number of H-pyrrole nitrogens is 1. The van der Waals surface area contributed by atoms with E-state index in [2.05, 4.69) is 50.0 Å². The smallest absolute Gasteiger partial charge is 0.399 e. The van der Waals surface area contributed by atoms with E-state index in [0.717, 1.165) is 39.1 Å². The lowest BCUT2D eigenvalue weighted by Crippen LogP contribution is -2.41. The SMILES string of the molecule is Cc1nocc1-c1cc(B2OC(C)(C)C(C)(C)O2)c2nc(C3CC3)[nH]c2c1. The van der Waals surface area contributed by atoms with Crippen LogP contribution in [0.1, 0.15) is 58.0 Å². The standard InChI is InChI=1S/C20H24BN3O3/c1-11-14(10-25-24-11)13-8-15(21-26-19(2,3)20(4,5)27-21)17-16(9-13)22-18(23-17)12-6-7-12/h8-10,12H,6-7H2,1-5H3,(H,22,23). The number of hydrogen-bond acceptors (Lipinski definition) is 5. The number of aryl methyl sites for hydroxylation is 1. The molecule has 6 nitrogen and oxygen atoms in total. The van der Waals surface area contributed by atoms with Crippen LogP contribution >= 0.6 is 0 Å². The van der Waals surface area contributed by atoms with E-state index in [1.54, 1.807) is 6.26 Å². The molecular weight excluding hydrogens is 341 g/mol. The van der Waals surface area contributed by atoms with Crippen molar-refractivity contribution >= 4 is 23.6 Å². The Balaban J connectivity index is 1.68. The average molecular weight is 365 g/mol. The van der Waals surface area contributed by atoms with Crippen molar-refractivity contribution in [2.45, 2.75) is 64.6 Å². The summed E-state index contributed by atoms with van der Waals surface area (Å²) in [5, 5.41) is 4.03. The normalized spacial score (nSPS) is 21.3. The Morgan fingerprint density at radius 3 is 2.41 bits per heavy atom. The topological polar surface area (TPSA) is 73.2 Å². The van der Waals surface area contributed by atoms with E-state index in [1.807, 2.05) is 6.92 Å². The van der Waals surface area contributed by atoms with Crippen molar-refractivity contribution in [3.63, 3.8) is 0 Å². The van der Waals surface area contributed by atoms with E-state index in [4.69, 9.17) is 18.8 Å². The third-order valence-corrected chi connectivity index (χ3v) is 6.17. The molecule has 0 bridgehead atoms. The summed E-state index contributed by atoms with van der Waals surface area (Å²) in [6.45, 7) is 10.2. The van der Waals surface area contributed by atoms with Gasteiger partial charge in [-0.15, -0.1) is 0 Å². The molecule has 7 heteroatoms. The molecule has 1 N–H and O–H groups in total. The van der Waals surface area contributed by atoms with Gasteiger partial charge in [-0.3, -0.25) is 0 Å². The van der Waals surface area contributed by atoms with E-state index >= 15 is 0 Å². The number of benzene rings is 1. The molecule has 3 aromatic rings. The van der Waals surface area contributed by atoms with Gasteiger partial charge in [-0.25, -0.2) is 4.98 Å². The van der Waals surface area contributed by atoms with E-state index in [-0.39, 0.29) is 0 Å². The Hall–Kier alpha value is -2.12. The van der Waals surface area contributed by atoms with Gasteiger partial charge in [0, 0.05) is 16.9 Å². The number of rotatable bonds is 3. The van der Waals surface area contributed by atoms with Gasteiger partial charge in [0.15, 0.2) is 0 Å². The summed E-state index contributed by atoms with van der Waals surface area (Å²) in [5.41, 5.74) is 4.93. The number of hydrogen-bond donors (Lipinski definition) is 1. The van der Waals surface area contributed by atoms with E-state index < -0.39 is 18.3 Å². The molecule has 0 spiro atoms. The van der Waals surface area contributed by atoms with Gasteiger partial charge in [0.25, 0.3) is 0 Å². The third-order valence-electron chi connectivity index (χ3n) is 6.17. The van der Waals surface area contributed by atoms with Crippen LogP contribution in [0, 0.1) is 6.92 Å². The van der Waals surface area contributed by atoms with E-state index in [0.29, 0.717) is 5.92 Å². The van der Waals surface area contributed by atoms with Crippen LogP contribution in [0.4, 0.5) is 0 Å². The summed E-state index contributed by atoms with van der Waals surface area (Å²) in [7, 11) is -0.465. The second-order valence-electron chi connectivity index (χ2n) is 8.76. The van der Waals surface area contributed by atoms with Crippen molar-refractivity contribution in [2.75, 3.05) is 0 Å². The van der Waals surface area contributed by atoms with Crippen molar-refractivity contribution in [1.82, 2.24) is 15.1 Å². The molecule has 27 heavy (non-hydrogen) atoms. The molecule has 1 aromatic carbocycles. The summed E-state index contributed by atoms with van der Waals surface area (Å²) in [6, 6.07) is 4.21. The molecule has 2 aromatic heterocycles. The lowest BCUT2D eigenvalue weighted by atomic mass is 9.77. The minimum Gasteiger partial charge on any atom is -0.399 e. The van der Waals surface area contributed by atoms with Crippen LogP contribution in [0.15, 0.2) is 22.9 Å². The number of imidazole rings is 1. The first-order valence-electron chi connectivity index (χ1n) is 9.56. The Bertz CT molecular complexity index is 1020. The highest BCUT2D eigenvalue weighted by atomic mass is 16.7. The maximum atomic E-state index is 6.33. The predicted octanol–water partition coefficient (Wildman–Crippen LogP) is 3.70. The Kier molecular flexibility index (Phi) is 3.44. The summed E-state index contributed by atoms with van der Waals surface area (Å²) in [5.74, 6) is 1.60. The molecule has 140 valence electrons. The van der Waals surface area contributed by atoms with Crippen LogP contribution in [0.3, 0.4) is 0 Å². The predicted molar refractivity (Wildman–Crippen MR) is 104 cm³/mol. The quantitative estimate of drug-likeness (QED) is 0.717. The minimum atomic E-state index is -0.465. The van der Waals surface area contributed by atoms with Crippen LogP contribution in [0.5, 0.6) is 0 Å². The van der Waals surface area contributed by atoms with Crippen LogP contribution in [0.25, 0.3) is 22.2 Å². The molecule has 0 atom stereocenters. The second kappa shape index (κ2) is 5.46. The lowest BCUT2D eigenvalue weighted by Gasteiger charge is -2.32. The van der Waals surface area contributed by atoms with Gasteiger partial charge < -0.3 is 18.8 Å². The Morgan fingerprint density at radius 1 is 1.11 bits per heavy atom. The van der Waals surface area contributed by atoms with Crippen molar-refractivity contribution in [1.29, 1.82) is 0 Å². The first-order chi connectivity index (χ1) is 12.7. The molecule has 5 rings (SSSR count). The minimum absolute atomic E-state index is 0.400. The maximum Gasteiger partial charge on any atom is 0.497 e. The first-order valence-corrected chi connectivity index (χ1v) is 9.56. The maximum absolute atomic E-state index is 6.33. The number of fused-ring (bicyclic) bond motifs is 1. The molecule has 0 radical (unpaired) electrons. The van der Waals surface area contributed by atoms with Crippen LogP contribution in [-0.2, 0) is 9.31 Å². The fourth-order valence-corrected chi connectivity index (χ4v) is 3.59. The van der Waals surface area contributed by atoms with Crippen LogP contribution in [-0.4, -0.2) is 33.4 Å². The van der Waals surface area contributed by atoms with Crippen LogP contribution in [0.2, 0.25) is 0 Å². The van der Waals surface area contributed by atoms with Crippen LogP contribution < -0.4 is 5.46 Å². The van der Waals surface area contributed by atoms with Gasteiger partial charge >= 0.3 is 7.12 Å². The summed E-state index contributed by atoms with van der Waals surface area (Å²) < 4.78 is 17.8. The van der Waals surface area contributed by atoms with Crippen molar-refractivity contribution in [3.8, 4) is 11.1 Å². The van der Waals surface area contributed by atoms with Gasteiger partial charge in [-0.2, -0.15) is 0 Å². The number of nitrogens with one attached hydrogen (secondary N) is 1. The molecule has 1 saturated heterocycles. The lowest BCUT2D eigenvalue weighted by molar-refractivity contribution is 0.00578. The summed E-state index contributed by atoms with van der Waals surface area (Å²) in [4.78, 5) is 8.42. The summed E-state index contributed by atoms with van der Waals surface area (Å²) >= 11 is 0. The number of aromatic nitrogens is 3. The molecule has 3 heterocycles. The molecule has 0 unspecified atom stereocenters. The first kappa shape index (κ1) is 17.0. The van der Waals surface area contributed by atoms with Gasteiger partial charge in [-0.05, 0) is 59.1 Å². The van der Waals surface area contributed by atoms with Crippen molar-refractivity contribution < 1.29 is 13.8 Å². The fraction of sp³-hybridized carbons (Fsp3) is 0.500. The molecule has 2 aliphatic rings. The third kappa shape index (κ3) is 2.64. The van der Waals surface area contributed by atoms with Crippen molar-refractivity contribution in [3.05, 3.63) is 29.9 Å². The Labute approximate surface area is 158 Å². The number of nitrogens with zero attached hydrogens (tertiary/aromatic N) is 2. The number of aromatic amines is 1. The van der Waals surface area contributed by atoms with Gasteiger partial charge in [-0.1, -0.05) is 11.2 Å². The zero-order chi connectivity index (χ0) is 19.0. The molecule has 1 aliphatic heterocycles. The molecule has 1 aliphatic carbocycles. The zero-order valence-electron chi connectivity index (χ0n) is 16.4. The van der Waals surface area contributed by atoms with Crippen molar-refractivity contribution in [2.24, 2.45) is 0 Å². The van der Waals surface area contributed by atoms with E-state index in [9.17, 15) is 0 Å². The molecular formula is C20H24BN3O3. The highest BCUT2D eigenvalue weighted by Crippen LogP contribution is 2.40. The fourth-order valence-electron chi connectivity index (χ4n) is 3.59. The van der Waals surface area contributed by atoms with E-state index in [1.165, 1.54) is 12.8 Å².